The number of fused-ring (bicyclic) bond motifs is 1. The molecule has 1 aromatic carbocycles. The molecule has 90 valence electrons. The Morgan fingerprint density at radius 2 is 2.00 bits per heavy atom. The van der Waals surface area contributed by atoms with Crippen LogP contribution in [-0.2, 0) is 5.60 Å². The van der Waals surface area contributed by atoms with E-state index in [4.69, 9.17) is 0 Å². The van der Waals surface area contributed by atoms with Crippen LogP contribution in [0.1, 0.15) is 38.2 Å². The normalized spacial score (nSPS) is 29.6. The van der Waals surface area contributed by atoms with Gasteiger partial charge in [-0.3, -0.25) is 0 Å². The van der Waals surface area contributed by atoms with E-state index < -0.39 is 5.60 Å². The number of rotatable bonds is 1. The van der Waals surface area contributed by atoms with Crippen molar-refractivity contribution in [1.82, 2.24) is 4.98 Å². The van der Waals surface area contributed by atoms with Gasteiger partial charge in [0.2, 0.25) is 0 Å². The van der Waals surface area contributed by atoms with Crippen molar-refractivity contribution in [2.75, 3.05) is 0 Å². The number of benzene rings is 1. The van der Waals surface area contributed by atoms with Gasteiger partial charge in [-0.15, -0.1) is 0 Å². The molecular formula is C15H19NO. The maximum atomic E-state index is 10.7. The summed E-state index contributed by atoms with van der Waals surface area (Å²) in [4.78, 5) is 3.19. The number of nitrogens with one attached hydrogen (secondary N) is 1. The number of aromatic nitrogens is 1. The van der Waals surface area contributed by atoms with Gasteiger partial charge >= 0.3 is 0 Å². The molecule has 0 saturated heterocycles. The molecule has 0 bridgehead atoms. The molecule has 1 aliphatic carbocycles. The fourth-order valence-corrected chi connectivity index (χ4v) is 2.87. The second-order valence-electron chi connectivity index (χ2n) is 5.49. The highest BCUT2D eigenvalue weighted by Crippen LogP contribution is 2.39. The Labute approximate surface area is 102 Å². The Morgan fingerprint density at radius 1 is 1.24 bits per heavy atom. The Morgan fingerprint density at radius 3 is 2.76 bits per heavy atom. The molecule has 17 heavy (non-hydrogen) atoms. The van der Waals surface area contributed by atoms with Crippen LogP contribution < -0.4 is 0 Å². The molecule has 1 aliphatic rings. The summed E-state index contributed by atoms with van der Waals surface area (Å²) in [5.74, 6) is 0.756. The topological polar surface area (TPSA) is 36.0 Å². The molecule has 0 atom stereocenters. The van der Waals surface area contributed by atoms with Crippen molar-refractivity contribution in [1.29, 1.82) is 0 Å². The van der Waals surface area contributed by atoms with E-state index in [-0.39, 0.29) is 0 Å². The first kappa shape index (κ1) is 10.8. The Bertz CT molecular complexity index is 520. The highest BCUT2D eigenvalue weighted by atomic mass is 16.3. The number of hydrogen-bond acceptors (Lipinski definition) is 1. The van der Waals surface area contributed by atoms with Gasteiger partial charge in [0, 0.05) is 11.7 Å². The van der Waals surface area contributed by atoms with Gasteiger partial charge in [0.05, 0.1) is 5.60 Å². The van der Waals surface area contributed by atoms with E-state index in [1.165, 1.54) is 5.39 Å². The first-order valence-corrected chi connectivity index (χ1v) is 6.47. The van der Waals surface area contributed by atoms with Crippen LogP contribution in [0, 0.1) is 5.92 Å². The SMILES string of the molecule is CC1CCC(O)(c2ccc3[nH]ccc3c2)CC1. The highest BCUT2D eigenvalue weighted by molar-refractivity contribution is 5.80. The van der Waals surface area contributed by atoms with E-state index in [0.717, 1.165) is 42.7 Å². The lowest BCUT2D eigenvalue weighted by Gasteiger charge is -2.35. The largest absolute Gasteiger partial charge is 0.385 e. The summed E-state index contributed by atoms with van der Waals surface area (Å²) in [6, 6.07) is 8.32. The second-order valence-corrected chi connectivity index (χ2v) is 5.49. The summed E-state index contributed by atoms with van der Waals surface area (Å²) >= 11 is 0. The first-order valence-electron chi connectivity index (χ1n) is 6.47. The summed E-state index contributed by atoms with van der Waals surface area (Å²) in [5, 5.41) is 11.9. The predicted octanol–water partition coefficient (Wildman–Crippen LogP) is 3.57. The zero-order valence-corrected chi connectivity index (χ0v) is 10.2. The summed E-state index contributed by atoms with van der Waals surface area (Å²) in [6.45, 7) is 2.27. The molecule has 2 heteroatoms. The van der Waals surface area contributed by atoms with Crippen molar-refractivity contribution >= 4 is 10.9 Å². The fraction of sp³-hybridized carbons (Fsp3) is 0.467. The van der Waals surface area contributed by atoms with E-state index in [2.05, 4.69) is 36.2 Å². The van der Waals surface area contributed by atoms with E-state index in [1.54, 1.807) is 0 Å². The zero-order valence-electron chi connectivity index (χ0n) is 10.2. The number of H-pyrrole nitrogens is 1. The molecule has 1 aromatic heterocycles. The molecule has 0 amide bonds. The summed E-state index contributed by atoms with van der Waals surface area (Å²) in [6.07, 6.45) is 5.99. The molecule has 0 radical (unpaired) electrons. The Balaban J connectivity index is 1.96. The second kappa shape index (κ2) is 3.88. The molecule has 1 heterocycles. The standard InChI is InChI=1S/C15H19NO/c1-11-4-7-15(17,8-5-11)13-2-3-14-12(10-13)6-9-16-14/h2-3,6,9-11,16-17H,4-5,7-8H2,1H3. The summed E-state index contributed by atoms with van der Waals surface area (Å²) in [7, 11) is 0. The summed E-state index contributed by atoms with van der Waals surface area (Å²) < 4.78 is 0. The van der Waals surface area contributed by atoms with E-state index in [1.807, 2.05) is 6.20 Å². The highest BCUT2D eigenvalue weighted by Gasteiger charge is 2.33. The predicted molar refractivity (Wildman–Crippen MR) is 69.8 cm³/mol. The van der Waals surface area contributed by atoms with E-state index >= 15 is 0 Å². The maximum Gasteiger partial charge on any atom is 0.0897 e. The Kier molecular flexibility index (Phi) is 2.48. The van der Waals surface area contributed by atoms with Gasteiger partial charge in [0.25, 0.3) is 0 Å². The smallest absolute Gasteiger partial charge is 0.0897 e. The number of aliphatic hydroxyl groups is 1. The van der Waals surface area contributed by atoms with Crippen molar-refractivity contribution in [3.63, 3.8) is 0 Å². The van der Waals surface area contributed by atoms with Crippen LogP contribution in [0.15, 0.2) is 30.5 Å². The van der Waals surface area contributed by atoms with Crippen molar-refractivity contribution in [2.45, 2.75) is 38.2 Å². The van der Waals surface area contributed by atoms with Crippen LogP contribution in [-0.4, -0.2) is 10.1 Å². The number of aromatic amines is 1. The van der Waals surface area contributed by atoms with Gasteiger partial charge < -0.3 is 10.1 Å². The van der Waals surface area contributed by atoms with Crippen LogP contribution in [0.3, 0.4) is 0 Å². The van der Waals surface area contributed by atoms with Gasteiger partial charge in [0.15, 0.2) is 0 Å². The average Bonchev–Trinajstić information content (AvgIpc) is 2.80. The molecule has 2 aromatic rings. The monoisotopic (exact) mass is 229 g/mol. The molecule has 0 aliphatic heterocycles. The quantitative estimate of drug-likeness (QED) is 0.770. The molecule has 1 saturated carbocycles. The van der Waals surface area contributed by atoms with Gasteiger partial charge in [-0.25, -0.2) is 0 Å². The minimum absolute atomic E-state index is 0.599. The summed E-state index contributed by atoms with van der Waals surface area (Å²) in [5.41, 5.74) is 1.62. The molecule has 3 rings (SSSR count). The third kappa shape index (κ3) is 1.87. The van der Waals surface area contributed by atoms with Crippen LogP contribution in [0.4, 0.5) is 0 Å². The van der Waals surface area contributed by atoms with Crippen LogP contribution >= 0.6 is 0 Å². The van der Waals surface area contributed by atoms with E-state index in [0.29, 0.717) is 0 Å². The van der Waals surface area contributed by atoms with Gasteiger partial charge in [0.1, 0.15) is 0 Å². The molecular weight excluding hydrogens is 210 g/mol. The Hall–Kier alpha value is -1.28. The van der Waals surface area contributed by atoms with Crippen molar-refractivity contribution < 1.29 is 5.11 Å². The van der Waals surface area contributed by atoms with E-state index in [9.17, 15) is 5.11 Å². The van der Waals surface area contributed by atoms with Crippen molar-refractivity contribution in [3.8, 4) is 0 Å². The first-order chi connectivity index (χ1) is 8.17. The molecule has 1 fully saturated rings. The van der Waals surface area contributed by atoms with Crippen molar-refractivity contribution in [3.05, 3.63) is 36.0 Å². The average molecular weight is 229 g/mol. The van der Waals surface area contributed by atoms with Gasteiger partial charge in [-0.05, 0) is 60.7 Å². The lowest BCUT2D eigenvalue weighted by molar-refractivity contribution is -0.0119. The lowest BCUT2D eigenvalue weighted by Crippen LogP contribution is -2.30. The molecule has 2 N–H and O–H groups in total. The van der Waals surface area contributed by atoms with Crippen LogP contribution in [0.2, 0.25) is 0 Å². The van der Waals surface area contributed by atoms with Gasteiger partial charge in [-0.2, -0.15) is 0 Å². The molecule has 0 spiro atoms. The lowest BCUT2D eigenvalue weighted by atomic mass is 9.76. The van der Waals surface area contributed by atoms with Crippen molar-refractivity contribution in [2.24, 2.45) is 5.92 Å². The fourth-order valence-electron chi connectivity index (χ4n) is 2.87. The minimum Gasteiger partial charge on any atom is -0.385 e. The molecule has 2 nitrogen and oxygen atoms in total. The maximum absolute atomic E-state index is 10.7. The minimum atomic E-state index is -0.599. The molecule has 0 unspecified atom stereocenters. The third-order valence-electron chi connectivity index (χ3n) is 4.19. The zero-order chi connectivity index (χ0) is 11.9. The van der Waals surface area contributed by atoms with Crippen LogP contribution in [0.25, 0.3) is 10.9 Å². The van der Waals surface area contributed by atoms with Gasteiger partial charge in [-0.1, -0.05) is 13.0 Å². The van der Waals surface area contributed by atoms with Crippen LogP contribution in [0.5, 0.6) is 0 Å². The third-order valence-corrected chi connectivity index (χ3v) is 4.19. The number of hydrogen-bond donors (Lipinski definition) is 2.